The van der Waals surface area contributed by atoms with Crippen molar-refractivity contribution in [3.05, 3.63) is 0 Å². The fourth-order valence-electron chi connectivity index (χ4n) is 2.31. The maximum Gasteiger partial charge on any atom is 0.326 e. The van der Waals surface area contributed by atoms with Gasteiger partial charge in [0.05, 0.1) is 6.10 Å². The highest BCUT2D eigenvalue weighted by atomic mass is 16.5. The van der Waals surface area contributed by atoms with Crippen LogP contribution in [-0.2, 0) is 9.53 Å². The van der Waals surface area contributed by atoms with E-state index in [1.807, 2.05) is 25.9 Å². The fourth-order valence-corrected chi connectivity index (χ4v) is 2.31. The van der Waals surface area contributed by atoms with E-state index < -0.39 is 12.0 Å². The molecule has 2 N–H and O–H groups in total. The lowest BCUT2D eigenvalue weighted by Gasteiger charge is -2.25. The molecule has 1 saturated heterocycles. The topological polar surface area (TPSA) is 82.1 Å². The van der Waals surface area contributed by atoms with Crippen molar-refractivity contribution in [3.63, 3.8) is 0 Å². The fraction of sp³-hybridized carbons (Fsp3) is 0.833. The summed E-state index contributed by atoms with van der Waals surface area (Å²) in [7, 11) is 5.36. The minimum absolute atomic E-state index is 0.0430. The largest absolute Gasteiger partial charge is 0.480 e. The number of carbonyl (C=O) groups excluding carboxylic acids is 1. The standard InChI is InChI=1S/C12H23N3O4/c1-8(6-14(2)3)13-12(18)15-7-9(19-4)5-10(15)11(16)17/h8-10H,5-7H2,1-4H3,(H,13,18)(H,16,17). The minimum Gasteiger partial charge on any atom is -0.480 e. The Bertz CT molecular complexity index is 335. The Kier molecular flexibility index (Phi) is 5.56. The molecule has 0 radical (unpaired) electrons. The second-order valence-corrected chi connectivity index (χ2v) is 5.21. The predicted molar refractivity (Wildman–Crippen MR) is 70.1 cm³/mol. The van der Waals surface area contributed by atoms with E-state index in [1.165, 1.54) is 12.0 Å². The van der Waals surface area contributed by atoms with Crippen LogP contribution in [0.5, 0.6) is 0 Å². The lowest BCUT2D eigenvalue weighted by molar-refractivity contribution is -0.141. The van der Waals surface area contributed by atoms with E-state index in [9.17, 15) is 9.59 Å². The number of nitrogens with one attached hydrogen (secondary N) is 1. The zero-order chi connectivity index (χ0) is 14.6. The first-order valence-corrected chi connectivity index (χ1v) is 6.32. The van der Waals surface area contributed by atoms with E-state index in [0.717, 1.165) is 0 Å². The van der Waals surface area contributed by atoms with Crippen LogP contribution in [-0.4, -0.2) is 79.4 Å². The number of nitrogens with zero attached hydrogens (tertiary/aromatic N) is 2. The maximum atomic E-state index is 12.1. The van der Waals surface area contributed by atoms with Crippen molar-refractivity contribution in [3.8, 4) is 0 Å². The average Bonchev–Trinajstić information content (AvgIpc) is 2.71. The van der Waals surface area contributed by atoms with Crippen molar-refractivity contribution < 1.29 is 19.4 Å². The van der Waals surface area contributed by atoms with E-state index in [4.69, 9.17) is 9.84 Å². The molecule has 7 nitrogen and oxygen atoms in total. The maximum absolute atomic E-state index is 12.1. The van der Waals surface area contributed by atoms with Gasteiger partial charge in [0.15, 0.2) is 0 Å². The van der Waals surface area contributed by atoms with Gasteiger partial charge in [-0.2, -0.15) is 0 Å². The van der Waals surface area contributed by atoms with Gasteiger partial charge in [-0.25, -0.2) is 9.59 Å². The van der Waals surface area contributed by atoms with E-state index in [2.05, 4.69) is 5.32 Å². The normalized spacial score (nSPS) is 24.6. The van der Waals surface area contributed by atoms with Gasteiger partial charge in [0, 0.05) is 32.7 Å². The first-order valence-electron chi connectivity index (χ1n) is 6.32. The van der Waals surface area contributed by atoms with Gasteiger partial charge in [0.1, 0.15) is 6.04 Å². The number of hydrogen-bond acceptors (Lipinski definition) is 4. The molecular formula is C12H23N3O4. The summed E-state index contributed by atoms with van der Waals surface area (Å²) in [4.78, 5) is 26.5. The number of hydrogen-bond donors (Lipinski definition) is 2. The van der Waals surface area contributed by atoms with Gasteiger partial charge in [-0.05, 0) is 21.0 Å². The van der Waals surface area contributed by atoms with Crippen LogP contribution in [0.2, 0.25) is 0 Å². The van der Waals surface area contributed by atoms with Crippen molar-refractivity contribution in [2.45, 2.75) is 31.5 Å². The van der Waals surface area contributed by atoms with Gasteiger partial charge in [0.2, 0.25) is 0 Å². The third kappa shape index (κ3) is 4.36. The van der Waals surface area contributed by atoms with Gasteiger partial charge in [-0.3, -0.25) is 0 Å². The van der Waals surface area contributed by atoms with E-state index in [-0.39, 0.29) is 18.2 Å². The van der Waals surface area contributed by atoms with Gasteiger partial charge in [-0.15, -0.1) is 0 Å². The Hall–Kier alpha value is -1.34. The summed E-state index contributed by atoms with van der Waals surface area (Å²) in [5.74, 6) is -0.991. The second kappa shape index (κ2) is 6.72. The Morgan fingerprint density at radius 2 is 2.16 bits per heavy atom. The molecule has 1 aliphatic heterocycles. The van der Waals surface area contributed by atoms with Gasteiger partial charge < -0.3 is 25.0 Å². The number of rotatable bonds is 5. The van der Waals surface area contributed by atoms with Crippen LogP contribution >= 0.6 is 0 Å². The van der Waals surface area contributed by atoms with Crippen LogP contribution in [0.1, 0.15) is 13.3 Å². The van der Waals surface area contributed by atoms with Crippen LogP contribution in [0.3, 0.4) is 0 Å². The molecule has 2 amide bonds. The molecule has 19 heavy (non-hydrogen) atoms. The molecule has 3 atom stereocenters. The van der Waals surface area contributed by atoms with Crippen molar-refractivity contribution in [1.29, 1.82) is 0 Å². The molecular weight excluding hydrogens is 250 g/mol. The average molecular weight is 273 g/mol. The molecule has 1 heterocycles. The molecule has 1 fully saturated rings. The number of urea groups is 1. The zero-order valence-electron chi connectivity index (χ0n) is 11.9. The summed E-state index contributed by atoms with van der Waals surface area (Å²) >= 11 is 0. The quantitative estimate of drug-likeness (QED) is 0.726. The van der Waals surface area contributed by atoms with Gasteiger partial charge in [0.25, 0.3) is 0 Å². The summed E-state index contributed by atoms with van der Waals surface area (Å²) in [6.45, 7) is 2.90. The first kappa shape index (κ1) is 15.7. The molecule has 0 aromatic rings. The Morgan fingerprint density at radius 3 is 2.63 bits per heavy atom. The molecule has 0 aliphatic carbocycles. The lowest BCUT2D eigenvalue weighted by atomic mass is 10.2. The molecule has 3 unspecified atom stereocenters. The molecule has 0 spiro atoms. The van der Waals surface area contributed by atoms with E-state index >= 15 is 0 Å². The number of carbonyl (C=O) groups is 2. The summed E-state index contributed by atoms with van der Waals surface area (Å²) in [5.41, 5.74) is 0. The Balaban J connectivity index is 2.61. The van der Waals surface area contributed by atoms with Crippen LogP contribution in [0, 0.1) is 0 Å². The highest BCUT2D eigenvalue weighted by Crippen LogP contribution is 2.20. The minimum atomic E-state index is -0.991. The monoisotopic (exact) mass is 273 g/mol. The van der Waals surface area contributed by atoms with Crippen LogP contribution in [0.4, 0.5) is 4.79 Å². The molecule has 7 heteroatoms. The number of carboxylic acid groups (broad SMARTS) is 1. The van der Waals surface area contributed by atoms with Crippen LogP contribution < -0.4 is 5.32 Å². The molecule has 0 bridgehead atoms. The molecule has 0 aromatic heterocycles. The van der Waals surface area contributed by atoms with E-state index in [0.29, 0.717) is 19.5 Å². The Labute approximate surface area is 113 Å². The highest BCUT2D eigenvalue weighted by molar-refractivity contribution is 5.83. The smallest absolute Gasteiger partial charge is 0.326 e. The molecule has 1 aliphatic rings. The zero-order valence-corrected chi connectivity index (χ0v) is 11.9. The lowest BCUT2D eigenvalue weighted by Crippen LogP contribution is -2.50. The Morgan fingerprint density at radius 1 is 1.53 bits per heavy atom. The summed E-state index contributed by atoms with van der Waals surface area (Å²) in [6, 6.07) is -1.20. The van der Waals surface area contributed by atoms with Crippen molar-refractivity contribution in [2.75, 3.05) is 34.3 Å². The third-order valence-corrected chi connectivity index (χ3v) is 3.15. The SMILES string of the molecule is COC1CC(C(=O)O)N(C(=O)NC(C)CN(C)C)C1. The molecule has 0 aromatic carbocycles. The molecule has 1 rings (SSSR count). The van der Waals surface area contributed by atoms with Gasteiger partial charge in [-0.1, -0.05) is 0 Å². The van der Waals surface area contributed by atoms with Gasteiger partial charge >= 0.3 is 12.0 Å². The number of aliphatic carboxylic acids is 1. The second-order valence-electron chi connectivity index (χ2n) is 5.21. The van der Waals surface area contributed by atoms with Crippen LogP contribution in [0.25, 0.3) is 0 Å². The number of likely N-dealkylation sites (tertiary alicyclic amines) is 1. The van der Waals surface area contributed by atoms with E-state index in [1.54, 1.807) is 0 Å². The summed E-state index contributed by atoms with van der Waals surface area (Å²) in [5, 5.41) is 11.9. The molecule has 0 saturated carbocycles. The summed E-state index contributed by atoms with van der Waals surface area (Å²) in [6.07, 6.45) is 0.123. The highest BCUT2D eigenvalue weighted by Gasteiger charge is 2.40. The number of methoxy groups -OCH3 is 1. The predicted octanol–water partition coefficient (Wildman–Crippen LogP) is -0.180. The third-order valence-electron chi connectivity index (χ3n) is 3.15. The number of amides is 2. The number of ether oxygens (including phenoxy) is 1. The summed E-state index contributed by atoms with van der Waals surface area (Å²) < 4.78 is 5.15. The number of carboxylic acids is 1. The van der Waals surface area contributed by atoms with Crippen LogP contribution in [0.15, 0.2) is 0 Å². The number of likely N-dealkylation sites (N-methyl/N-ethyl adjacent to an activating group) is 1. The van der Waals surface area contributed by atoms with Crippen molar-refractivity contribution in [1.82, 2.24) is 15.1 Å². The van der Waals surface area contributed by atoms with Crippen molar-refractivity contribution in [2.24, 2.45) is 0 Å². The first-order chi connectivity index (χ1) is 8.85. The van der Waals surface area contributed by atoms with Crippen molar-refractivity contribution >= 4 is 12.0 Å². The molecule has 110 valence electrons.